The number of nitrogens with zero attached hydrogens (tertiary/aromatic N) is 2. The first-order valence-corrected chi connectivity index (χ1v) is 6.40. The summed E-state index contributed by atoms with van der Waals surface area (Å²) in [6.07, 6.45) is -4.45. The molecule has 112 valence electrons. The minimum absolute atomic E-state index is 0.00426. The summed E-state index contributed by atoms with van der Waals surface area (Å²) in [5.41, 5.74) is 4.77. The van der Waals surface area contributed by atoms with Gasteiger partial charge in [-0.15, -0.1) is 0 Å². The van der Waals surface area contributed by atoms with Crippen molar-refractivity contribution in [1.29, 1.82) is 0 Å². The first kappa shape index (κ1) is 15.3. The van der Waals surface area contributed by atoms with Gasteiger partial charge >= 0.3 is 6.18 Å². The second-order valence-electron chi connectivity index (χ2n) is 5.79. The average Bonchev–Trinajstić information content (AvgIpc) is 2.36. The van der Waals surface area contributed by atoms with Gasteiger partial charge in [-0.05, 0) is 6.07 Å². The molecule has 0 amide bonds. The van der Waals surface area contributed by atoms with Crippen LogP contribution in [0.2, 0.25) is 0 Å². The van der Waals surface area contributed by atoms with Gasteiger partial charge in [0, 0.05) is 17.0 Å². The highest BCUT2D eigenvalue weighted by Gasteiger charge is 2.34. The maximum Gasteiger partial charge on any atom is 0.417 e. The predicted octanol–water partition coefficient (Wildman–Crippen LogP) is 4.04. The van der Waals surface area contributed by atoms with Gasteiger partial charge in [0.2, 0.25) is 0 Å². The monoisotopic (exact) mass is 295 g/mol. The zero-order valence-electron chi connectivity index (χ0n) is 12.0. The number of aromatic nitrogens is 2. The molecule has 0 aliphatic rings. The zero-order chi connectivity index (χ0) is 15.8. The van der Waals surface area contributed by atoms with Gasteiger partial charge in [-0.3, -0.25) is 0 Å². The Balaban J connectivity index is 2.66. The normalized spacial score (nSPS) is 12.5. The van der Waals surface area contributed by atoms with E-state index in [1.165, 1.54) is 18.2 Å². The molecule has 6 heteroatoms. The van der Waals surface area contributed by atoms with Crippen LogP contribution < -0.4 is 5.73 Å². The molecule has 0 fully saturated rings. The summed E-state index contributed by atoms with van der Waals surface area (Å²) >= 11 is 0. The topological polar surface area (TPSA) is 51.8 Å². The molecule has 2 N–H and O–H groups in total. The molecule has 1 heterocycles. The van der Waals surface area contributed by atoms with Crippen LogP contribution in [-0.2, 0) is 11.6 Å². The molecule has 0 spiro atoms. The van der Waals surface area contributed by atoms with E-state index in [0.717, 1.165) is 6.07 Å². The van der Waals surface area contributed by atoms with Crippen molar-refractivity contribution in [2.45, 2.75) is 32.4 Å². The Hall–Kier alpha value is -2.11. The smallest absolute Gasteiger partial charge is 0.384 e. The van der Waals surface area contributed by atoms with E-state index in [9.17, 15) is 13.2 Å². The van der Waals surface area contributed by atoms with Crippen molar-refractivity contribution in [2.75, 3.05) is 5.73 Å². The maximum absolute atomic E-state index is 13.1. The lowest BCUT2D eigenvalue weighted by atomic mass is 9.95. The highest BCUT2D eigenvalue weighted by atomic mass is 19.4. The van der Waals surface area contributed by atoms with E-state index in [1.807, 2.05) is 20.8 Å². The fourth-order valence-corrected chi connectivity index (χ4v) is 1.89. The molecular formula is C15H16F3N3. The molecule has 0 saturated heterocycles. The van der Waals surface area contributed by atoms with E-state index in [4.69, 9.17) is 5.73 Å². The Morgan fingerprint density at radius 3 is 2.19 bits per heavy atom. The van der Waals surface area contributed by atoms with Crippen molar-refractivity contribution in [3.05, 3.63) is 41.7 Å². The molecule has 0 aliphatic heterocycles. The lowest BCUT2D eigenvalue weighted by Gasteiger charge is -2.19. The summed E-state index contributed by atoms with van der Waals surface area (Å²) in [6.45, 7) is 5.63. The number of rotatable bonds is 1. The van der Waals surface area contributed by atoms with E-state index in [0.29, 0.717) is 5.82 Å². The highest BCUT2D eigenvalue weighted by Crippen LogP contribution is 2.37. The number of nitrogen functional groups attached to an aromatic ring is 1. The molecule has 2 rings (SSSR count). The van der Waals surface area contributed by atoms with E-state index >= 15 is 0 Å². The fourth-order valence-electron chi connectivity index (χ4n) is 1.89. The summed E-state index contributed by atoms with van der Waals surface area (Å²) in [4.78, 5) is 8.37. The predicted molar refractivity (Wildman–Crippen MR) is 75.6 cm³/mol. The number of anilines is 1. The number of benzene rings is 1. The summed E-state index contributed by atoms with van der Waals surface area (Å²) in [6, 6.07) is 6.67. The summed E-state index contributed by atoms with van der Waals surface area (Å²) in [5.74, 6) is 0.566. The average molecular weight is 295 g/mol. The van der Waals surface area contributed by atoms with Crippen LogP contribution in [0.4, 0.5) is 19.0 Å². The standard InChI is InChI=1S/C15H16F3N3/c1-14(2,3)13-20-11(8-12(19)21-13)9-6-4-5-7-10(9)15(16,17)18/h4-8H,1-3H3,(H2,19,20,21). The number of hydrogen-bond acceptors (Lipinski definition) is 3. The molecule has 0 saturated carbocycles. The lowest BCUT2D eigenvalue weighted by Crippen LogP contribution is -2.18. The van der Waals surface area contributed by atoms with E-state index in [1.54, 1.807) is 6.07 Å². The highest BCUT2D eigenvalue weighted by molar-refractivity contribution is 5.66. The first-order chi connectivity index (χ1) is 9.59. The Morgan fingerprint density at radius 1 is 1.00 bits per heavy atom. The van der Waals surface area contributed by atoms with Crippen LogP contribution in [0.25, 0.3) is 11.3 Å². The molecule has 0 unspecified atom stereocenters. The SMILES string of the molecule is CC(C)(C)c1nc(N)cc(-c2ccccc2C(F)(F)F)n1. The van der Waals surface area contributed by atoms with E-state index in [-0.39, 0.29) is 17.1 Å². The van der Waals surface area contributed by atoms with Crippen molar-refractivity contribution in [3.8, 4) is 11.3 Å². The van der Waals surface area contributed by atoms with E-state index < -0.39 is 17.2 Å². The van der Waals surface area contributed by atoms with Crippen molar-refractivity contribution < 1.29 is 13.2 Å². The maximum atomic E-state index is 13.1. The molecule has 1 aromatic heterocycles. The third kappa shape index (κ3) is 3.32. The minimum Gasteiger partial charge on any atom is -0.384 e. The van der Waals surface area contributed by atoms with Crippen molar-refractivity contribution in [2.24, 2.45) is 0 Å². The van der Waals surface area contributed by atoms with Crippen molar-refractivity contribution in [1.82, 2.24) is 9.97 Å². The first-order valence-electron chi connectivity index (χ1n) is 6.40. The number of hydrogen-bond donors (Lipinski definition) is 1. The van der Waals surface area contributed by atoms with Crippen LogP contribution in [0, 0.1) is 0 Å². The van der Waals surface area contributed by atoms with Crippen LogP contribution in [0.1, 0.15) is 32.2 Å². The molecule has 21 heavy (non-hydrogen) atoms. The van der Waals surface area contributed by atoms with Gasteiger partial charge in [-0.2, -0.15) is 13.2 Å². The summed E-state index contributed by atoms with van der Waals surface area (Å²) < 4.78 is 39.3. The van der Waals surface area contributed by atoms with Gasteiger partial charge < -0.3 is 5.73 Å². The summed E-state index contributed by atoms with van der Waals surface area (Å²) in [7, 11) is 0. The van der Waals surface area contributed by atoms with Gasteiger partial charge in [0.15, 0.2) is 0 Å². The second kappa shape index (κ2) is 5.02. The van der Waals surface area contributed by atoms with Gasteiger partial charge in [0.1, 0.15) is 11.6 Å². The van der Waals surface area contributed by atoms with Crippen LogP contribution in [0.3, 0.4) is 0 Å². The number of alkyl halides is 3. The molecular weight excluding hydrogens is 279 g/mol. The molecule has 3 nitrogen and oxygen atoms in total. The molecule has 1 aromatic carbocycles. The molecule has 2 aromatic rings. The Morgan fingerprint density at radius 2 is 1.62 bits per heavy atom. The Kier molecular flexibility index (Phi) is 3.65. The van der Waals surface area contributed by atoms with Crippen molar-refractivity contribution in [3.63, 3.8) is 0 Å². The third-order valence-electron chi connectivity index (χ3n) is 2.93. The molecule has 0 atom stereocenters. The fraction of sp³-hybridized carbons (Fsp3) is 0.333. The third-order valence-corrected chi connectivity index (χ3v) is 2.93. The molecule has 0 aliphatic carbocycles. The van der Waals surface area contributed by atoms with Crippen LogP contribution in [0.15, 0.2) is 30.3 Å². The zero-order valence-corrected chi connectivity index (χ0v) is 12.0. The minimum atomic E-state index is -4.45. The van der Waals surface area contributed by atoms with Gasteiger partial charge in [0.25, 0.3) is 0 Å². The quantitative estimate of drug-likeness (QED) is 0.863. The van der Waals surface area contributed by atoms with Gasteiger partial charge in [-0.1, -0.05) is 39.0 Å². The van der Waals surface area contributed by atoms with Crippen LogP contribution >= 0.6 is 0 Å². The molecule has 0 bridgehead atoms. The van der Waals surface area contributed by atoms with Crippen LogP contribution in [-0.4, -0.2) is 9.97 Å². The number of halogens is 3. The number of nitrogens with two attached hydrogens (primary N) is 1. The Labute approximate surface area is 121 Å². The second-order valence-corrected chi connectivity index (χ2v) is 5.79. The Bertz CT molecular complexity index is 658. The van der Waals surface area contributed by atoms with Crippen molar-refractivity contribution >= 4 is 5.82 Å². The van der Waals surface area contributed by atoms with Gasteiger partial charge in [0.05, 0.1) is 11.3 Å². The molecule has 0 radical (unpaired) electrons. The van der Waals surface area contributed by atoms with Gasteiger partial charge in [-0.25, -0.2) is 9.97 Å². The van der Waals surface area contributed by atoms with E-state index in [2.05, 4.69) is 9.97 Å². The summed E-state index contributed by atoms with van der Waals surface area (Å²) in [5, 5.41) is 0. The van der Waals surface area contributed by atoms with Crippen LogP contribution in [0.5, 0.6) is 0 Å². The largest absolute Gasteiger partial charge is 0.417 e. The lowest BCUT2D eigenvalue weighted by molar-refractivity contribution is -0.137.